The predicted molar refractivity (Wildman–Crippen MR) is 135 cm³/mol. The lowest BCUT2D eigenvalue weighted by Crippen LogP contribution is -2.15. The summed E-state index contributed by atoms with van der Waals surface area (Å²) in [4.78, 5) is 32.9. The Morgan fingerprint density at radius 3 is 2.29 bits per heavy atom. The number of anilines is 2. The van der Waals surface area contributed by atoms with Gasteiger partial charge in [0.2, 0.25) is 0 Å². The average molecular weight is 467 g/mol. The molecule has 0 bridgehead atoms. The summed E-state index contributed by atoms with van der Waals surface area (Å²) in [6.45, 7) is 0. The highest BCUT2D eigenvalue weighted by molar-refractivity contribution is 6.34. The summed E-state index contributed by atoms with van der Waals surface area (Å²) < 4.78 is 0. The Kier molecular flexibility index (Phi) is 5.81. The van der Waals surface area contributed by atoms with Gasteiger partial charge in [-0.3, -0.25) is 9.59 Å². The molecule has 3 N–H and O–H groups in total. The highest BCUT2D eigenvalue weighted by Crippen LogP contribution is 2.24. The van der Waals surface area contributed by atoms with Crippen LogP contribution in [0.3, 0.4) is 0 Å². The first-order valence-electron chi connectivity index (χ1n) is 10.6. The summed E-state index contributed by atoms with van der Waals surface area (Å²) in [5.74, 6) is -0.680. The minimum atomic E-state index is -0.398. The van der Waals surface area contributed by atoms with Crippen molar-refractivity contribution in [1.82, 2.24) is 9.97 Å². The van der Waals surface area contributed by atoms with E-state index in [4.69, 9.17) is 11.6 Å². The van der Waals surface area contributed by atoms with E-state index in [0.29, 0.717) is 16.9 Å². The molecule has 2 amide bonds. The van der Waals surface area contributed by atoms with Crippen LogP contribution in [0.25, 0.3) is 22.2 Å². The molecule has 2 aromatic heterocycles. The van der Waals surface area contributed by atoms with Gasteiger partial charge >= 0.3 is 0 Å². The van der Waals surface area contributed by atoms with Crippen LogP contribution in [-0.2, 0) is 0 Å². The van der Waals surface area contributed by atoms with Gasteiger partial charge in [-0.1, -0.05) is 54.1 Å². The van der Waals surface area contributed by atoms with Gasteiger partial charge in [0.1, 0.15) is 5.65 Å². The van der Waals surface area contributed by atoms with E-state index in [-0.39, 0.29) is 16.5 Å². The van der Waals surface area contributed by atoms with E-state index < -0.39 is 5.91 Å². The van der Waals surface area contributed by atoms with Crippen LogP contribution < -0.4 is 10.6 Å². The van der Waals surface area contributed by atoms with E-state index in [9.17, 15) is 9.59 Å². The van der Waals surface area contributed by atoms with E-state index in [1.54, 1.807) is 42.7 Å². The zero-order valence-corrected chi connectivity index (χ0v) is 18.6. The molecule has 34 heavy (non-hydrogen) atoms. The highest BCUT2D eigenvalue weighted by atomic mass is 35.5. The van der Waals surface area contributed by atoms with Crippen molar-refractivity contribution in [3.8, 4) is 11.1 Å². The number of hydrogen-bond donors (Lipinski definition) is 3. The SMILES string of the molecule is O=C(Nc1ccc(Cl)c(C(=O)Nc2cnc3[nH]ccc3c2)c1)c1ccc(-c2ccccc2)cc1. The first kappa shape index (κ1) is 21.4. The van der Waals surface area contributed by atoms with Gasteiger partial charge in [0, 0.05) is 22.8 Å². The Balaban J connectivity index is 1.31. The summed E-state index contributed by atoms with van der Waals surface area (Å²) in [6, 6.07) is 25.8. The number of nitrogens with zero attached hydrogens (tertiary/aromatic N) is 1. The standard InChI is InChI=1S/C27H19ClN4O2/c28-24-11-10-21(15-23(24)27(34)32-22-14-20-12-13-29-25(20)30-16-22)31-26(33)19-8-6-18(7-9-19)17-4-2-1-3-5-17/h1-16H,(H,29,30)(H,31,33)(H,32,34). The second kappa shape index (κ2) is 9.21. The summed E-state index contributed by atoms with van der Waals surface area (Å²) in [5.41, 5.74) is 4.59. The molecule has 0 fully saturated rings. The van der Waals surface area contributed by atoms with Crippen LogP contribution in [0.1, 0.15) is 20.7 Å². The second-order valence-electron chi connectivity index (χ2n) is 7.69. The van der Waals surface area contributed by atoms with E-state index in [0.717, 1.165) is 22.2 Å². The molecule has 0 unspecified atom stereocenters. The van der Waals surface area contributed by atoms with Gasteiger partial charge in [0.05, 0.1) is 22.5 Å². The first-order chi connectivity index (χ1) is 16.6. The summed E-state index contributed by atoms with van der Waals surface area (Å²) in [6.07, 6.45) is 3.34. The average Bonchev–Trinajstić information content (AvgIpc) is 3.34. The number of nitrogens with one attached hydrogen (secondary N) is 3. The third kappa shape index (κ3) is 4.53. The number of pyridine rings is 1. The highest BCUT2D eigenvalue weighted by Gasteiger charge is 2.14. The minimum Gasteiger partial charge on any atom is -0.346 e. The quantitative estimate of drug-likeness (QED) is 0.280. The Morgan fingerprint density at radius 1 is 0.765 bits per heavy atom. The molecular formula is C27H19ClN4O2. The number of halogens is 1. The molecular weight excluding hydrogens is 448 g/mol. The number of fused-ring (bicyclic) bond motifs is 1. The van der Waals surface area contributed by atoms with Gasteiger partial charge < -0.3 is 15.6 Å². The molecule has 0 aliphatic rings. The van der Waals surface area contributed by atoms with Crippen LogP contribution in [0.5, 0.6) is 0 Å². The fraction of sp³-hybridized carbons (Fsp3) is 0. The lowest BCUT2D eigenvalue weighted by molar-refractivity contribution is 0.101. The third-order valence-corrected chi connectivity index (χ3v) is 5.71. The van der Waals surface area contributed by atoms with Crippen molar-refractivity contribution >= 4 is 45.8 Å². The molecule has 0 aliphatic heterocycles. The Hall–Kier alpha value is -4.42. The van der Waals surface area contributed by atoms with E-state index >= 15 is 0 Å². The Morgan fingerprint density at radius 2 is 1.50 bits per heavy atom. The van der Waals surface area contributed by atoms with Gasteiger partial charge in [0.25, 0.3) is 11.8 Å². The van der Waals surface area contributed by atoms with E-state index in [1.165, 1.54) is 0 Å². The van der Waals surface area contributed by atoms with Crippen molar-refractivity contribution in [3.05, 3.63) is 113 Å². The zero-order chi connectivity index (χ0) is 23.5. The molecule has 0 spiro atoms. The van der Waals surface area contributed by atoms with E-state index in [2.05, 4.69) is 20.6 Å². The van der Waals surface area contributed by atoms with Crippen LogP contribution in [-0.4, -0.2) is 21.8 Å². The van der Waals surface area contributed by atoms with Gasteiger partial charge in [-0.15, -0.1) is 0 Å². The smallest absolute Gasteiger partial charge is 0.257 e. The summed E-state index contributed by atoms with van der Waals surface area (Å²) >= 11 is 6.27. The molecule has 3 aromatic carbocycles. The van der Waals surface area contributed by atoms with Crippen molar-refractivity contribution in [2.24, 2.45) is 0 Å². The number of carbonyl (C=O) groups is 2. The summed E-state index contributed by atoms with van der Waals surface area (Å²) in [5, 5.41) is 6.79. The minimum absolute atomic E-state index is 0.244. The topological polar surface area (TPSA) is 86.9 Å². The maximum atomic E-state index is 12.8. The number of H-pyrrole nitrogens is 1. The predicted octanol–water partition coefficient (Wildman–Crippen LogP) is 6.39. The zero-order valence-electron chi connectivity index (χ0n) is 17.9. The van der Waals surface area contributed by atoms with Crippen LogP contribution in [0, 0.1) is 0 Å². The van der Waals surface area contributed by atoms with Gasteiger partial charge in [-0.05, 0) is 53.6 Å². The molecule has 5 rings (SSSR count). The normalized spacial score (nSPS) is 10.7. The Bertz CT molecular complexity index is 1490. The molecule has 0 atom stereocenters. The monoisotopic (exact) mass is 466 g/mol. The number of hydrogen-bond acceptors (Lipinski definition) is 3. The van der Waals surface area contributed by atoms with Crippen molar-refractivity contribution in [2.45, 2.75) is 0 Å². The van der Waals surface area contributed by atoms with Crippen molar-refractivity contribution in [1.29, 1.82) is 0 Å². The summed E-state index contributed by atoms with van der Waals surface area (Å²) in [7, 11) is 0. The molecule has 0 saturated heterocycles. The number of amides is 2. The maximum absolute atomic E-state index is 12.8. The molecule has 166 valence electrons. The largest absolute Gasteiger partial charge is 0.346 e. The molecule has 0 radical (unpaired) electrons. The maximum Gasteiger partial charge on any atom is 0.257 e. The lowest BCUT2D eigenvalue weighted by Gasteiger charge is -2.10. The number of aromatic amines is 1. The van der Waals surface area contributed by atoms with Gasteiger partial charge in [-0.25, -0.2) is 4.98 Å². The lowest BCUT2D eigenvalue weighted by atomic mass is 10.0. The molecule has 6 nitrogen and oxygen atoms in total. The van der Waals surface area contributed by atoms with Crippen LogP contribution in [0.4, 0.5) is 11.4 Å². The fourth-order valence-electron chi connectivity index (χ4n) is 3.63. The van der Waals surface area contributed by atoms with Crippen molar-refractivity contribution in [3.63, 3.8) is 0 Å². The van der Waals surface area contributed by atoms with Crippen molar-refractivity contribution in [2.75, 3.05) is 10.6 Å². The van der Waals surface area contributed by atoms with Crippen LogP contribution in [0.15, 0.2) is 97.3 Å². The molecule has 0 aliphatic carbocycles. The first-order valence-corrected chi connectivity index (χ1v) is 11.0. The molecule has 2 heterocycles. The van der Waals surface area contributed by atoms with Crippen molar-refractivity contribution < 1.29 is 9.59 Å². The fourth-order valence-corrected chi connectivity index (χ4v) is 3.83. The van der Waals surface area contributed by atoms with Crippen LogP contribution >= 0.6 is 11.6 Å². The number of benzene rings is 3. The Labute approximate surface area is 200 Å². The molecule has 0 saturated carbocycles. The second-order valence-corrected chi connectivity index (χ2v) is 8.09. The van der Waals surface area contributed by atoms with Gasteiger partial charge in [0.15, 0.2) is 0 Å². The van der Waals surface area contributed by atoms with E-state index in [1.807, 2.05) is 54.6 Å². The number of rotatable bonds is 5. The molecule has 7 heteroatoms. The van der Waals surface area contributed by atoms with Gasteiger partial charge in [-0.2, -0.15) is 0 Å². The molecule has 5 aromatic rings. The number of carbonyl (C=O) groups excluding carboxylic acids is 2. The number of aromatic nitrogens is 2. The third-order valence-electron chi connectivity index (χ3n) is 5.38. The van der Waals surface area contributed by atoms with Crippen LogP contribution in [0.2, 0.25) is 5.02 Å².